The molecule has 9 aromatic rings. The minimum absolute atomic E-state index is 0.408. The van der Waals surface area contributed by atoms with Crippen LogP contribution < -0.4 is 9.80 Å². The highest BCUT2D eigenvalue weighted by Crippen LogP contribution is 2.40. The van der Waals surface area contributed by atoms with Crippen LogP contribution in [0.4, 0.5) is 34.1 Å². The standard InChI is InChI=1S/C60H46N2/c1-5-13-45(14-6-1)49-21-33-55(34-22-49)61(56-35-23-50(24-36-56)46-15-7-2-8-16-46)59-41-29-53(30-42-59)54-31-43-60(44-32-54)62(57-37-25-51(26-38-57)47-17-9-3-10-18-47)58-39-27-52(28-40-58)48-19-11-4-12-20-48/h1-19,21-44,48H,20H2/t48-/m1/s1. The van der Waals surface area contributed by atoms with Crippen LogP contribution in [-0.4, -0.2) is 0 Å². The van der Waals surface area contributed by atoms with E-state index in [1.807, 2.05) is 0 Å². The fraction of sp³-hybridized carbons (Fsp3) is 0.0333. The zero-order valence-electron chi connectivity index (χ0n) is 34.5. The van der Waals surface area contributed by atoms with Gasteiger partial charge in [-0.1, -0.05) is 188 Å². The Morgan fingerprint density at radius 1 is 0.258 bits per heavy atom. The number of allylic oxidation sites excluding steroid dienone is 4. The lowest BCUT2D eigenvalue weighted by atomic mass is 9.92. The number of benzene rings is 9. The lowest BCUT2D eigenvalue weighted by Gasteiger charge is -2.27. The average molecular weight is 795 g/mol. The molecule has 0 heterocycles. The van der Waals surface area contributed by atoms with Gasteiger partial charge < -0.3 is 9.80 Å². The topological polar surface area (TPSA) is 6.48 Å². The highest BCUT2D eigenvalue weighted by Gasteiger charge is 2.17. The van der Waals surface area contributed by atoms with Crippen LogP contribution >= 0.6 is 0 Å². The van der Waals surface area contributed by atoms with Gasteiger partial charge >= 0.3 is 0 Å². The van der Waals surface area contributed by atoms with Crippen molar-refractivity contribution in [1.29, 1.82) is 0 Å². The Kier molecular flexibility index (Phi) is 10.9. The van der Waals surface area contributed by atoms with Gasteiger partial charge in [0.05, 0.1) is 0 Å². The molecule has 0 radical (unpaired) electrons. The van der Waals surface area contributed by atoms with E-state index in [2.05, 4.69) is 271 Å². The van der Waals surface area contributed by atoms with Gasteiger partial charge in [-0.15, -0.1) is 0 Å². The fourth-order valence-electron chi connectivity index (χ4n) is 8.50. The van der Waals surface area contributed by atoms with Gasteiger partial charge in [0.1, 0.15) is 0 Å². The first-order chi connectivity index (χ1) is 30.7. The van der Waals surface area contributed by atoms with Crippen LogP contribution in [0.15, 0.2) is 261 Å². The molecule has 0 saturated heterocycles. The lowest BCUT2D eigenvalue weighted by Crippen LogP contribution is -2.10. The third kappa shape index (κ3) is 8.28. The van der Waals surface area contributed by atoms with Crippen LogP contribution in [0.2, 0.25) is 0 Å². The van der Waals surface area contributed by atoms with Crippen LogP contribution in [0.1, 0.15) is 17.9 Å². The van der Waals surface area contributed by atoms with Gasteiger partial charge in [0.15, 0.2) is 0 Å². The first-order valence-corrected chi connectivity index (χ1v) is 21.4. The second-order valence-electron chi connectivity index (χ2n) is 15.8. The van der Waals surface area contributed by atoms with Crippen LogP contribution in [0.5, 0.6) is 0 Å². The summed E-state index contributed by atoms with van der Waals surface area (Å²) < 4.78 is 0. The van der Waals surface area contributed by atoms with E-state index in [1.165, 1.54) is 38.9 Å². The van der Waals surface area contributed by atoms with E-state index in [4.69, 9.17) is 0 Å². The van der Waals surface area contributed by atoms with Crippen LogP contribution in [0, 0.1) is 0 Å². The molecule has 0 saturated carbocycles. The van der Waals surface area contributed by atoms with E-state index in [1.54, 1.807) is 0 Å². The Balaban J connectivity index is 0.954. The molecular formula is C60H46N2. The van der Waals surface area contributed by atoms with Crippen molar-refractivity contribution in [2.75, 3.05) is 9.80 Å². The van der Waals surface area contributed by atoms with E-state index in [0.29, 0.717) is 5.92 Å². The maximum Gasteiger partial charge on any atom is 0.0462 e. The first kappa shape index (κ1) is 38.3. The molecule has 0 bridgehead atoms. The van der Waals surface area contributed by atoms with Crippen LogP contribution in [0.25, 0.3) is 44.5 Å². The lowest BCUT2D eigenvalue weighted by molar-refractivity contribution is 0.854. The number of hydrogen-bond donors (Lipinski definition) is 0. The molecule has 10 rings (SSSR count). The minimum atomic E-state index is 0.408. The predicted octanol–water partition coefficient (Wildman–Crippen LogP) is 16.9. The zero-order chi connectivity index (χ0) is 41.5. The van der Waals surface area contributed by atoms with E-state index in [9.17, 15) is 0 Å². The molecule has 1 aliphatic rings. The Bertz CT molecular complexity index is 2820. The molecule has 0 unspecified atom stereocenters. The molecule has 1 aliphatic carbocycles. The van der Waals surface area contributed by atoms with Crippen LogP contribution in [-0.2, 0) is 0 Å². The Morgan fingerprint density at radius 2 is 0.516 bits per heavy atom. The molecule has 2 nitrogen and oxygen atoms in total. The molecule has 0 aromatic heterocycles. The van der Waals surface area contributed by atoms with Crippen molar-refractivity contribution in [3.05, 3.63) is 266 Å². The van der Waals surface area contributed by atoms with Crippen molar-refractivity contribution in [2.45, 2.75) is 12.3 Å². The fourth-order valence-corrected chi connectivity index (χ4v) is 8.50. The summed E-state index contributed by atoms with van der Waals surface area (Å²) in [7, 11) is 0. The molecule has 2 heteroatoms. The summed E-state index contributed by atoms with van der Waals surface area (Å²) in [6.07, 6.45) is 9.87. The van der Waals surface area contributed by atoms with E-state index in [0.717, 1.165) is 51.7 Å². The number of nitrogens with zero attached hydrogens (tertiary/aromatic N) is 2. The van der Waals surface area contributed by atoms with Crippen LogP contribution in [0.3, 0.4) is 0 Å². The smallest absolute Gasteiger partial charge is 0.0462 e. The second-order valence-corrected chi connectivity index (χ2v) is 15.8. The molecule has 0 fully saturated rings. The highest BCUT2D eigenvalue weighted by molar-refractivity contribution is 5.83. The van der Waals surface area contributed by atoms with Gasteiger partial charge in [-0.05, 0) is 129 Å². The maximum absolute atomic E-state index is 2.35. The second kappa shape index (κ2) is 17.7. The van der Waals surface area contributed by atoms with Crippen molar-refractivity contribution in [2.24, 2.45) is 0 Å². The van der Waals surface area contributed by atoms with Gasteiger partial charge in [0, 0.05) is 40.0 Å². The number of anilines is 6. The average Bonchev–Trinajstić information content (AvgIpc) is 3.36. The third-order valence-electron chi connectivity index (χ3n) is 11.8. The highest BCUT2D eigenvalue weighted by atomic mass is 15.1. The monoisotopic (exact) mass is 794 g/mol. The first-order valence-electron chi connectivity index (χ1n) is 21.4. The molecule has 9 aromatic carbocycles. The normalized spacial score (nSPS) is 13.1. The summed E-state index contributed by atoms with van der Waals surface area (Å²) >= 11 is 0. The van der Waals surface area contributed by atoms with Gasteiger partial charge in [-0.2, -0.15) is 0 Å². The summed E-state index contributed by atoms with van der Waals surface area (Å²) in [5.41, 5.74) is 17.5. The van der Waals surface area contributed by atoms with Gasteiger partial charge in [-0.3, -0.25) is 0 Å². The van der Waals surface area contributed by atoms with Crippen molar-refractivity contribution in [3.63, 3.8) is 0 Å². The SMILES string of the molecule is C1=CC[C@H](c2ccc(N(c3ccc(-c4ccccc4)cc3)c3ccc(-c4ccc(N(c5ccc(-c6ccccc6)cc5)c5ccc(-c6ccccc6)cc5)cc4)cc3)cc2)C=C1. The van der Waals surface area contributed by atoms with Crippen molar-refractivity contribution < 1.29 is 0 Å². The molecular weight excluding hydrogens is 749 g/mol. The van der Waals surface area contributed by atoms with E-state index >= 15 is 0 Å². The zero-order valence-corrected chi connectivity index (χ0v) is 34.5. The summed E-state index contributed by atoms with van der Waals surface area (Å²) in [5.74, 6) is 0.408. The minimum Gasteiger partial charge on any atom is -0.311 e. The Morgan fingerprint density at radius 3 is 0.774 bits per heavy atom. The summed E-state index contributed by atoms with van der Waals surface area (Å²) in [4.78, 5) is 4.69. The largest absolute Gasteiger partial charge is 0.311 e. The molecule has 0 N–H and O–H groups in total. The van der Waals surface area contributed by atoms with Crippen molar-refractivity contribution >= 4 is 34.1 Å². The van der Waals surface area contributed by atoms with Crippen molar-refractivity contribution in [1.82, 2.24) is 0 Å². The third-order valence-corrected chi connectivity index (χ3v) is 11.8. The summed E-state index contributed by atoms with van der Waals surface area (Å²) in [6.45, 7) is 0. The molecule has 296 valence electrons. The predicted molar refractivity (Wildman–Crippen MR) is 263 cm³/mol. The van der Waals surface area contributed by atoms with Gasteiger partial charge in [-0.25, -0.2) is 0 Å². The van der Waals surface area contributed by atoms with E-state index < -0.39 is 0 Å². The molecule has 62 heavy (non-hydrogen) atoms. The Labute approximate surface area is 365 Å². The van der Waals surface area contributed by atoms with E-state index in [-0.39, 0.29) is 0 Å². The summed E-state index contributed by atoms with van der Waals surface area (Å²) in [6, 6.07) is 85.3. The van der Waals surface area contributed by atoms with Gasteiger partial charge in [0.25, 0.3) is 0 Å². The number of rotatable bonds is 11. The molecule has 1 atom stereocenters. The summed E-state index contributed by atoms with van der Waals surface area (Å²) in [5, 5.41) is 0. The van der Waals surface area contributed by atoms with Crippen molar-refractivity contribution in [3.8, 4) is 44.5 Å². The Hall–Kier alpha value is -7.94. The molecule has 0 spiro atoms. The van der Waals surface area contributed by atoms with Gasteiger partial charge in [0.2, 0.25) is 0 Å². The quantitative estimate of drug-likeness (QED) is 0.129. The number of hydrogen-bond acceptors (Lipinski definition) is 2. The molecule has 0 aliphatic heterocycles. The molecule has 0 amide bonds. The maximum atomic E-state index is 2.35.